The summed E-state index contributed by atoms with van der Waals surface area (Å²) in [5.74, 6) is -0.0421. The molecule has 0 saturated carbocycles. The van der Waals surface area contributed by atoms with Crippen LogP contribution in [0, 0.1) is 6.92 Å². The Morgan fingerprint density at radius 3 is 2.68 bits per heavy atom. The molecule has 0 spiro atoms. The molecule has 0 bridgehead atoms. The van der Waals surface area contributed by atoms with Gasteiger partial charge >= 0.3 is 6.61 Å². The van der Waals surface area contributed by atoms with Crippen LogP contribution in [0.3, 0.4) is 0 Å². The summed E-state index contributed by atoms with van der Waals surface area (Å²) >= 11 is 0. The topological polar surface area (TPSA) is 59.6 Å². The molecule has 0 saturated heterocycles. The van der Waals surface area contributed by atoms with E-state index in [0.29, 0.717) is 17.7 Å². The Bertz CT molecular complexity index is 796. The van der Waals surface area contributed by atoms with Crippen molar-refractivity contribution in [1.29, 1.82) is 0 Å². The van der Waals surface area contributed by atoms with Crippen molar-refractivity contribution < 1.29 is 23.0 Å². The van der Waals surface area contributed by atoms with Crippen molar-refractivity contribution in [3.8, 4) is 11.5 Å². The van der Waals surface area contributed by atoms with Crippen molar-refractivity contribution in [3.63, 3.8) is 0 Å². The lowest BCUT2D eigenvalue weighted by atomic mass is 10.0. The van der Waals surface area contributed by atoms with E-state index in [-0.39, 0.29) is 17.4 Å². The molecule has 7 heteroatoms. The van der Waals surface area contributed by atoms with Gasteiger partial charge in [0.15, 0.2) is 11.5 Å². The molecule has 1 aliphatic heterocycles. The fourth-order valence-electron chi connectivity index (χ4n) is 2.77. The van der Waals surface area contributed by atoms with Crippen molar-refractivity contribution in [1.82, 2.24) is 5.32 Å². The van der Waals surface area contributed by atoms with Crippen molar-refractivity contribution in [3.05, 3.63) is 53.1 Å². The van der Waals surface area contributed by atoms with E-state index in [1.807, 2.05) is 19.1 Å². The van der Waals surface area contributed by atoms with Gasteiger partial charge in [-0.25, -0.2) is 0 Å². The molecule has 1 amide bonds. The van der Waals surface area contributed by atoms with E-state index >= 15 is 0 Å². The summed E-state index contributed by atoms with van der Waals surface area (Å²) in [5, 5.41) is 6.12. The van der Waals surface area contributed by atoms with Gasteiger partial charge in [-0.3, -0.25) is 4.79 Å². The predicted molar refractivity (Wildman–Crippen MR) is 89.3 cm³/mol. The highest BCUT2D eigenvalue weighted by atomic mass is 19.3. The van der Waals surface area contributed by atoms with Crippen LogP contribution in [0.2, 0.25) is 0 Å². The highest BCUT2D eigenvalue weighted by molar-refractivity contribution is 6.02. The first kappa shape index (κ1) is 17.0. The lowest BCUT2D eigenvalue weighted by Crippen LogP contribution is -2.38. The number of amides is 1. The number of anilines is 1. The summed E-state index contributed by atoms with van der Waals surface area (Å²) in [4.78, 5) is 12.3. The largest absolute Gasteiger partial charge is 0.490 e. The Kier molecular flexibility index (Phi) is 4.74. The van der Waals surface area contributed by atoms with Crippen molar-refractivity contribution in [2.24, 2.45) is 0 Å². The smallest absolute Gasteiger partial charge is 0.387 e. The van der Waals surface area contributed by atoms with Gasteiger partial charge in [-0.15, -0.1) is 0 Å². The van der Waals surface area contributed by atoms with E-state index in [4.69, 9.17) is 4.74 Å². The number of para-hydroxylation sites is 1. The molecule has 0 fully saturated rings. The standard InChI is InChI=1S/C18H18F2N2O3/c1-3-24-14-9-11(7-8-13(14)25-18(19)20)16-21-15-10(2)5-4-6-12(15)17(23)22-16/h4-9,16,18,21H,3H2,1-2H3,(H,22,23). The van der Waals surface area contributed by atoms with Crippen molar-refractivity contribution in [2.45, 2.75) is 26.6 Å². The molecule has 0 aromatic heterocycles. The van der Waals surface area contributed by atoms with Crippen molar-refractivity contribution >= 4 is 11.6 Å². The average molecular weight is 348 g/mol. The van der Waals surface area contributed by atoms with Gasteiger partial charge in [0.2, 0.25) is 0 Å². The number of carbonyl (C=O) groups is 1. The number of aryl methyl sites for hydroxylation is 1. The minimum atomic E-state index is -2.94. The summed E-state index contributed by atoms with van der Waals surface area (Å²) in [5.41, 5.74) is 2.94. The Labute approximate surface area is 143 Å². The normalized spacial score (nSPS) is 16.0. The summed E-state index contributed by atoms with van der Waals surface area (Å²) in [6.45, 7) is 1.02. The van der Waals surface area contributed by atoms with E-state index in [1.54, 1.807) is 25.1 Å². The van der Waals surface area contributed by atoms with Gasteiger partial charge < -0.3 is 20.1 Å². The number of ether oxygens (including phenoxy) is 2. The number of alkyl halides is 2. The van der Waals surface area contributed by atoms with Gasteiger partial charge in [-0.2, -0.15) is 8.78 Å². The molecule has 25 heavy (non-hydrogen) atoms. The summed E-state index contributed by atoms with van der Waals surface area (Å²) < 4.78 is 34.9. The molecule has 0 aliphatic carbocycles. The third kappa shape index (κ3) is 3.50. The maximum Gasteiger partial charge on any atom is 0.387 e. The molecule has 2 aromatic rings. The van der Waals surface area contributed by atoms with Crippen molar-refractivity contribution in [2.75, 3.05) is 11.9 Å². The Balaban J connectivity index is 1.93. The summed E-state index contributed by atoms with van der Waals surface area (Å²) in [6, 6.07) is 10.1. The lowest BCUT2D eigenvalue weighted by Gasteiger charge is -2.29. The number of hydrogen-bond acceptors (Lipinski definition) is 4. The number of fused-ring (bicyclic) bond motifs is 1. The maximum absolute atomic E-state index is 12.5. The van der Waals surface area contributed by atoms with Crippen LogP contribution < -0.4 is 20.1 Å². The number of rotatable bonds is 5. The van der Waals surface area contributed by atoms with E-state index in [1.165, 1.54) is 6.07 Å². The number of hydrogen-bond donors (Lipinski definition) is 2. The van der Waals surface area contributed by atoms with Gasteiger partial charge in [0.1, 0.15) is 6.17 Å². The Morgan fingerprint density at radius 1 is 1.16 bits per heavy atom. The van der Waals surface area contributed by atoms with E-state index in [2.05, 4.69) is 15.4 Å². The number of nitrogens with one attached hydrogen (secondary N) is 2. The molecule has 1 heterocycles. The van der Waals surface area contributed by atoms with Gasteiger partial charge in [0, 0.05) is 0 Å². The van der Waals surface area contributed by atoms with Gasteiger partial charge in [0.05, 0.1) is 17.9 Å². The van der Waals surface area contributed by atoms with Crippen LogP contribution >= 0.6 is 0 Å². The second-order valence-corrected chi connectivity index (χ2v) is 5.57. The number of carbonyl (C=O) groups excluding carboxylic acids is 1. The SMILES string of the molecule is CCOc1cc(C2NC(=O)c3cccc(C)c3N2)ccc1OC(F)F. The first-order chi connectivity index (χ1) is 12.0. The third-order valence-corrected chi connectivity index (χ3v) is 3.90. The van der Waals surface area contributed by atoms with Crippen LogP contribution in [-0.2, 0) is 0 Å². The first-order valence-corrected chi connectivity index (χ1v) is 7.88. The van der Waals surface area contributed by atoms with Crippen LogP contribution in [0.25, 0.3) is 0 Å². The van der Waals surface area contributed by atoms with Crippen LogP contribution in [-0.4, -0.2) is 19.1 Å². The van der Waals surface area contributed by atoms with Crippen LogP contribution in [0.4, 0.5) is 14.5 Å². The molecule has 1 unspecified atom stereocenters. The zero-order chi connectivity index (χ0) is 18.0. The highest BCUT2D eigenvalue weighted by Crippen LogP contribution is 2.34. The second-order valence-electron chi connectivity index (χ2n) is 5.57. The molecular weight excluding hydrogens is 330 g/mol. The fraction of sp³-hybridized carbons (Fsp3) is 0.278. The first-order valence-electron chi connectivity index (χ1n) is 7.88. The van der Waals surface area contributed by atoms with E-state index < -0.39 is 12.8 Å². The van der Waals surface area contributed by atoms with E-state index in [9.17, 15) is 13.6 Å². The van der Waals surface area contributed by atoms with Gasteiger partial charge in [-0.05, 0) is 43.2 Å². The molecule has 5 nitrogen and oxygen atoms in total. The molecule has 2 aromatic carbocycles. The van der Waals surface area contributed by atoms with E-state index in [0.717, 1.165) is 11.3 Å². The van der Waals surface area contributed by atoms with Crippen LogP contribution in [0.5, 0.6) is 11.5 Å². The third-order valence-electron chi connectivity index (χ3n) is 3.90. The molecule has 0 radical (unpaired) electrons. The molecule has 2 N–H and O–H groups in total. The van der Waals surface area contributed by atoms with Gasteiger partial charge in [-0.1, -0.05) is 18.2 Å². The molecule has 132 valence electrons. The average Bonchev–Trinajstić information content (AvgIpc) is 2.57. The highest BCUT2D eigenvalue weighted by Gasteiger charge is 2.26. The lowest BCUT2D eigenvalue weighted by molar-refractivity contribution is -0.0514. The predicted octanol–water partition coefficient (Wildman–Crippen LogP) is 3.85. The van der Waals surface area contributed by atoms with Gasteiger partial charge in [0.25, 0.3) is 5.91 Å². The fourth-order valence-corrected chi connectivity index (χ4v) is 2.77. The molecule has 3 rings (SSSR count). The minimum Gasteiger partial charge on any atom is -0.490 e. The summed E-state index contributed by atoms with van der Waals surface area (Å²) in [7, 11) is 0. The summed E-state index contributed by atoms with van der Waals surface area (Å²) in [6.07, 6.45) is -0.499. The molecular formula is C18H18F2N2O3. The maximum atomic E-state index is 12.5. The Morgan fingerprint density at radius 2 is 1.96 bits per heavy atom. The monoisotopic (exact) mass is 348 g/mol. The number of halogens is 2. The second kappa shape index (κ2) is 6.96. The quantitative estimate of drug-likeness (QED) is 0.862. The van der Waals surface area contributed by atoms with Crippen LogP contribution in [0.15, 0.2) is 36.4 Å². The Hall–Kier alpha value is -2.83. The minimum absolute atomic E-state index is 0.0423. The van der Waals surface area contributed by atoms with Crippen LogP contribution in [0.1, 0.15) is 34.6 Å². The number of benzene rings is 2. The molecule has 1 aliphatic rings. The zero-order valence-electron chi connectivity index (χ0n) is 13.8. The zero-order valence-corrected chi connectivity index (χ0v) is 13.8. The molecule has 1 atom stereocenters.